The van der Waals surface area contributed by atoms with Crippen molar-refractivity contribution in [3.05, 3.63) is 35.6 Å². The molecule has 0 aliphatic heterocycles. The second kappa shape index (κ2) is 5.63. The largest absolute Gasteiger partial charge is 0.307 e. The van der Waals surface area contributed by atoms with Crippen LogP contribution in [0.2, 0.25) is 0 Å². The Morgan fingerprint density at radius 2 is 2.00 bits per heavy atom. The molecule has 1 aliphatic rings. The van der Waals surface area contributed by atoms with Crippen LogP contribution in [0.4, 0.5) is 4.39 Å². The lowest BCUT2D eigenvalue weighted by molar-refractivity contribution is 0.488. The van der Waals surface area contributed by atoms with Crippen LogP contribution in [0.25, 0.3) is 0 Å². The predicted molar refractivity (Wildman–Crippen MR) is 69.4 cm³/mol. The molecule has 3 unspecified atom stereocenters. The van der Waals surface area contributed by atoms with E-state index < -0.39 is 0 Å². The van der Waals surface area contributed by atoms with Crippen LogP contribution in [-0.2, 0) is 0 Å². The average molecular weight is 235 g/mol. The van der Waals surface area contributed by atoms with Gasteiger partial charge in [0.1, 0.15) is 5.82 Å². The van der Waals surface area contributed by atoms with Gasteiger partial charge in [0.15, 0.2) is 0 Å². The Bertz CT molecular complexity index is 346. The van der Waals surface area contributed by atoms with Gasteiger partial charge in [0, 0.05) is 12.1 Å². The van der Waals surface area contributed by atoms with Gasteiger partial charge in [0.2, 0.25) is 0 Å². The monoisotopic (exact) mass is 235 g/mol. The summed E-state index contributed by atoms with van der Waals surface area (Å²) in [5, 5.41) is 3.69. The van der Waals surface area contributed by atoms with E-state index in [1.54, 1.807) is 12.1 Å². The summed E-state index contributed by atoms with van der Waals surface area (Å²) in [5.74, 6) is 0.716. The lowest BCUT2D eigenvalue weighted by atomic mass is 10.0. The molecule has 0 saturated heterocycles. The molecule has 0 aromatic heterocycles. The number of halogens is 1. The average Bonchev–Trinajstić information content (AvgIpc) is 3.06. The Kier molecular flexibility index (Phi) is 4.16. The molecule has 1 aromatic carbocycles. The smallest absolute Gasteiger partial charge is 0.123 e. The van der Waals surface area contributed by atoms with E-state index >= 15 is 0 Å². The highest BCUT2D eigenvalue weighted by Crippen LogP contribution is 2.36. The van der Waals surface area contributed by atoms with Crippen molar-refractivity contribution in [2.45, 2.75) is 51.6 Å². The summed E-state index contributed by atoms with van der Waals surface area (Å²) in [5.41, 5.74) is 1.20. The number of hydrogen-bond donors (Lipinski definition) is 1. The molecule has 17 heavy (non-hydrogen) atoms. The molecule has 94 valence electrons. The van der Waals surface area contributed by atoms with Crippen molar-refractivity contribution >= 4 is 0 Å². The molecule has 1 saturated carbocycles. The Morgan fingerprint density at radius 3 is 2.59 bits per heavy atom. The third kappa shape index (κ3) is 3.29. The van der Waals surface area contributed by atoms with Crippen LogP contribution in [0.5, 0.6) is 0 Å². The summed E-state index contributed by atoms with van der Waals surface area (Å²) < 4.78 is 12.9. The highest BCUT2D eigenvalue weighted by Gasteiger charge is 2.36. The van der Waals surface area contributed by atoms with Crippen LogP contribution in [0.3, 0.4) is 0 Å². The summed E-state index contributed by atoms with van der Waals surface area (Å²) in [7, 11) is 0. The molecule has 0 heterocycles. The Hall–Kier alpha value is -0.890. The van der Waals surface area contributed by atoms with E-state index in [-0.39, 0.29) is 5.82 Å². The van der Waals surface area contributed by atoms with Gasteiger partial charge in [-0.25, -0.2) is 4.39 Å². The zero-order valence-corrected chi connectivity index (χ0v) is 10.7. The number of rotatable bonds is 6. The molecule has 0 spiro atoms. The van der Waals surface area contributed by atoms with Gasteiger partial charge in [-0.15, -0.1) is 0 Å². The fraction of sp³-hybridized carbons (Fsp3) is 0.600. The normalized spacial score (nSPS) is 24.6. The molecule has 1 nitrogen and oxygen atoms in total. The molecule has 1 N–H and O–H groups in total. The van der Waals surface area contributed by atoms with E-state index in [1.807, 2.05) is 12.1 Å². The summed E-state index contributed by atoms with van der Waals surface area (Å²) in [4.78, 5) is 0. The van der Waals surface area contributed by atoms with Crippen LogP contribution in [0, 0.1) is 11.7 Å². The fourth-order valence-electron chi connectivity index (χ4n) is 2.54. The zero-order chi connectivity index (χ0) is 12.3. The molecule has 3 atom stereocenters. The van der Waals surface area contributed by atoms with Gasteiger partial charge in [-0.1, -0.05) is 32.4 Å². The fourth-order valence-corrected chi connectivity index (χ4v) is 2.54. The standard InChI is InChI=1S/C15H22FN/c1-3-5-12-10-15(12)17-14(4-2)11-6-8-13(16)9-7-11/h6-9,12,14-15,17H,3-5,10H2,1-2H3. The van der Waals surface area contributed by atoms with Crippen molar-refractivity contribution in [2.24, 2.45) is 5.92 Å². The third-order valence-electron chi connectivity index (χ3n) is 3.68. The van der Waals surface area contributed by atoms with Crippen molar-refractivity contribution in [1.29, 1.82) is 0 Å². The predicted octanol–water partition coefficient (Wildman–Crippen LogP) is 4.06. The minimum absolute atomic E-state index is 0.154. The van der Waals surface area contributed by atoms with E-state index in [1.165, 1.54) is 24.8 Å². The second-order valence-electron chi connectivity index (χ2n) is 5.07. The van der Waals surface area contributed by atoms with Crippen LogP contribution in [0.15, 0.2) is 24.3 Å². The second-order valence-corrected chi connectivity index (χ2v) is 5.07. The summed E-state index contributed by atoms with van der Waals surface area (Å²) in [6.07, 6.45) is 4.97. The maximum Gasteiger partial charge on any atom is 0.123 e. The van der Waals surface area contributed by atoms with Gasteiger partial charge in [-0.05, 0) is 42.9 Å². The van der Waals surface area contributed by atoms with E-state index in [2.05, 4.69) is 19.2 Å². The Morgan fingerprint density at radius 1 is 1.29 bits per heavy atom. The minimum atomic E-state index is -0.154. The third-order valence-corrected chi connectivity index (χ3v) is 3.68. The molecule has 2 heteroatoms. The lowest BCUT2D eigenvalue weighted by Crippen LogP contribution is -2.24. The van der Waals surface area contributed by atoms with E-state index in [4.69, 9.17) is 0 Å². The molecule has 1 aliphatic carbocycles. The molecular weight excluding hydrogens is 213 g/mol. The minimum Gasteiger partial charge on any atom is -0.307 e. The Balaban J connectivity index is 1.91. The van der Waals surface area contributed by atoms with Gasteiger partial charge in [0.25, 0.3) is 0 Å². The molecule has 0 amide bonds. The van der Waals surface area contributed by atoms with Crippen LogP contribution < -0.4 is 5.32 Å². The molecule has 1 aromatic rings. The first kappa shape index (κ1) is 12.6. The molecule has 0 bridgehead atoms. The number of benzene rings is 1. The maximum absolute atomic E-state index is 12.9. The van der Waals surface area contributed by atoms with Crippen molar-refractivity contribution in [3.63, 3.8) is 0 Å². The van der Waals surface area contributed by atoms with Crippen LogP contribution in [0.1, 0.15) is 51.1 Å². The molecule has 1 fully saturated rings. The Labute approximate surface area is 103 Å². The first-order valence-electron chi connectivity index (χ1n) is 6.76. The maximum atomic E-state index is 12.9. The van der Waals surface area contributed by atoms with Crippen LogP contribution in [-0.4, -0.2) is 6.04 Å². The van der Waals surface area contributed by atoms with Crippen molar-refractivity contribution in [1.82, 2.24) is 5.32 Å². The summed E-state index contributed by atoms with van der Waals surface area (Å²) in [6, 6.07) is 7.96. The van der Waals surface area contributed by atoms with Gasteiger partial charge in [-0.3, -0.25) is 0 Å². The first-order valence-corrected chi connectivity index (χ1v) is 6.76. The lowest BCUT2D eigenvalue weighted by Gasteiger charge is -2.17. The highest BCUT2D eigenvalue weighted by atomic mass is 19.1. The van der Waals surface area contributed by atoms with E-state index in [9.17, 15) is 4.39 Å². The topological polar surface area (TPSA) is 12.0 Å². The zero-order valence-electron chi connectivity index (χ0n) is 10.7. The van der Waals surface area contributed by atoms with Crippen LogP contribution >= 0.6 is 0 Å². The SMILES string of the molecule is CCCC1CC1NC(CC)c1ccc(F)cc1. The van der Waals surface area contributed by atoms with Crippen molar-refractivity contribution < 1.29 is 4.39 Å². The van der Waals surface area contributed by atoms with Gasteiger partial charge < -0.3 is 5.32 Å². The number of hydrogen-bond acceptors (Lipinski definition) is 1. The molecular formula is C15H22FN. The van der Waals surface area contributed by atoms with Crippen molar-refractivity contribution in [2.75, 3.05) is 0 Å². The van der Waals surface area contributed by atoms with E-state index in [0.717, 1.165) is 12.3 Å². The van der Waals surface area contributed by atoms with E-state index in [0.29, 0.717) is 12.1 Å². The van der Waals surface area contributed by atoms with Gasteiger partial charge in [0.05, 0.1) is 0 Å². The number of nitrogens with one attached hydrogen (secondary N) is 1. The quantitative estimate of drug-likeness (QED) is 0.784. The molecule has 0 radical (unpaired) electrons. The first-order chi connectivity index (χ1) is 8.24. The summed E-state index contributed by atoms with van der Waals surface area (Å²) in [6.45, 7) is 4.42. The van der Waals surface area contributed by atoms with Gasteiger partial charge >= 0.3 is 0 Å². The summed E-state index contributed by atoms with van der Waals surface area (Å²) >= 11 is 0. The highest BCUT2D eigenvalue weighted by molar-refractivity contribution is 5.20. The molecule has 2 rings (SSSR count). The van der Waals surface area contributed by atoms with Crippen molar-refractivity contribution in [3.8, 4) is 0 Å². The van der Waals surface area contributed by atoms with Gasteiger partial charge in [-0.2, -0.15) is 0 Å².